The fourth-order valence-electron chi connectivity index (χ4n) is 8.21. The van der Waals surface area contributed by atoms with Gasteiger partial charge in [0.25, 0.3) is 0 Å². The number of fused-ring (bicyclic) bond motifs is 4. The Hall–Kier alpha value is -5.98. The van der Waals surface area contributed by atoms with Gasteiger partial charge in [0.15, 0.2) is 0 Å². The molecule has 3 aromatic rings. The van der Waals surface area contributed by atoms with Gasteiger partial charge in [0.1, 0.15) is 17.2 Å². The van der Waals surface area contributed by atoms with Gasteiger partial charge in [-0.3, -0.25) is 29.0 Å². The van der Waals surface area contributed by atoms with Crippen LogP contribution in [0.5, 0.6) is 17.2 Å². The number of phenolic OH excluding ortho intramolecular Hbond substituents is 1. The highest BCUT2D eigenvalue weighted by atomic mass is 16.5. The van der Waals surface area contributed by atoms with Crippen LogP contribution >= 0.6 is 0 Å². The second kappa shape index (κ2) is 11.6. The predicted octanol–water partition coefficient (Wildman–Crippen LogP) is 3.85. The Balaban J connectivity index is 1.38. The molecule has 0 spiro atoms. The van der Waals surface area contributed by atoms with Crippen LogP contribution in [0.15, 0.2) is 72.3 Å². The predicted molar refractivity (Wildman–Crippen MR) is 171 cm³/mol. The molecule has 6 unspecified atom stereocenters. The molecular weight excluding hydrogens is 636 g/mol. The second-order valence-electron chi connectivity index (χ2n) is 12.5. The summed E-state index contributed by atoms with van der Waals surface area (Å²) in [4.78, 5) is 82.3. The van der Waals surface area contributed by atoms with E-state index in [1.165, 1.54) is 74.9 Å². The number of carboxylic acids is 2. The Morgan fingerprint density at radius 2 is 1.20 bits per heavy atom. The van der Waals surface area contributed by atoms with E-state index in [2.05, 4.69) is 0 Å². The smallest absolute Gasteiger partial charge is 0.335 e. The molecule has 3 aromatic carbocycles. The number of carbonyl (C=O) groups is 6. The highest BCUT2D eigenvalue weighted by molar-refractivity contribution is 6.24. The number of benzene rings is 3. The number of anilines is 2. The number of rotatable bonds is 7. The molecule has 0 radical (unpaired) electrons. The van der Waals surface area contributed by atoms with Crippen molar-refractivity contribution in [2.24, 2.45) is 29.6 Å². The third kappa shape index (κ3) is 4.75. The summed E-state index contributed by atoms with van der Waals surface area (Å²) >= 11 is 0. The van der Waals surface area contributed by atoms with Crippen molar-refractivity contribution in [2.45, 2.75) is 18.8 Å². The minimum atomic E-state index is -1.24. The summed E-state index contributed by atoms with van der Waals surface area (Å²) in [5.74, 6) is -9.80. The van der Waals surface area contributed by atoms with Gasteiger partial charge in [-0.1, -0.05) is 23.8 Å². The summed E-state index contributed by atoms with van der Waals surface area (Å²) in [7, 11) is 2.77. The maximum Gasteiger partial charge on any atom is 0.335 e. The fourth-order valence-corrected chi connectivity index (χ4v) is 8.21. The molecule has 6 atom stereocenters. The zero-order valence-electron chi connectivity index (χ0n) is 26.2. The summed E-state index contributed by atoms with van der Waals surface area (Å²) in [6.45, 7) is 0. The lowest BCUT2D eigenvalue weighted by atomic mass is 9.57. The molecular formula is C36H30N2O11. The number of methoxy groups -OCH3 is 2. The maximum atomic E-state index is 14.4. The fraction of sp³-hybridized carbons (Fsp3) is 0.278. The lowest BCUT2D eigenvalue weighted by Gasteiger charge is -2.44. The average molecular weight is 667 g/mol. The Morgan fingerprint density at radius 1 is 0.694 bits per heavy atom. The van der Waals surface area contributed by atoms with E-state index in [0.29, 0.717) is 11.1 Å². The Kier molecular flexibility index (Phi) is 7.49. The Labute approximate surface area is 279 Å². The van der Waals surface area contributed by atoms with Crippen molar-refractivity contribution in [1.82, 2.24) is 0 Å². The van der Waals surface area contributed by atoms with E-state index >= 15 is 0 Å². The van der Waals surface area contributed by atoms with Crippen molar-refractivity contribution in [1.29, 1.82) is 0 Å². The van der Waals surface area contributed by atoms with Gasteiger partial charge in [-0.2, -0.15) is 0 Å². The lowest BCUT2D eigenvalue weighted by molar-refractivity contribution is -0.126. The van der Waals surface area contributed by atoms with Crippen molar-refractivity contribution in [2.75, 3.05) is 24.0 Å². The first-order valence-electron chi connectivity index (χ1n) is 15.5. The minimum Gasteiger partial charge on any atom is -0.508 e. The Bertz CT molecular complexity index is 1990. The number of allylic oxidation sites excluding steroid dienone is 2. The summed E-state index contributed by atoms with van der Waals surface area (Å²) in [5.41, 5.74) is 0.995. The van der Waals surface area contributed by atoms with E-state index < -0.39 is 71.1 Å². The third-order valence-electron chi connectivity index (χ3n) is 10.2. The summed E-state index contributed by atoms with van der Waals surface area (Å²) < 4.78 is 11.4. The van der Waals surface area contributed by atoms with Crippen molar-refractivity contribution in [3.8, 4) is 17.2 Å². The van der Waals surface area contributed by atoms with E-state index in [1.807, 2.05) is 6.08 Å². The molecule has 2 heterocycles. The van der Waals surface area contributed by atoms with Crippen LogP contribution in [0.2, 0.25) is 0 Å². The largest absolute Gasteiger partial charge is 0.508 e. The zero-order valence-corrected chi connectivity index (χ0v) is 26.2. The van der Waals surface area contributed by atoms with Gasteiger partial charge in [0.2, 0.25) is 23.6 Å². The van der Waals surface area contributed by atoms with E-state index in [1.54, 1.807) is 0 Å². The van der Waals surface area contributed by atoms with Crippen LogP contribution in [-0.4, -0.2) is 65.1 Å². The van der Waals surface area contributed by atoms with Gasteiger partial charge in [0.05, 0.1) is 60.4 Å². The second-order valence-corrected chi connectivity index (χ2v) is 12.5. The van der Waals surface area contributed by atoms with Crippen molar-refractivity contribution in [3.05, 3.63) is 89.0 Å². The Morgan fingerprint density at radius 3 is 1.71 bits per heavy atom. The molecule has 2 aliphatic heterocycles. The molecule has 3 fully saturated rings. The number of nitrogens with zero attached hydrogens (tertiary/aromatic N) is 2. The van der Waals surface area contributed by atoms with Gasteiger partial charge in [0, 0.05) is 23.6 Å². The number of imide groups is 2. The molecule has 4 amide bonds. The number of carboxylic acid groups (broad SMARTS) is 2. The highest BCUT2D eigenvalue weighted by Crippen LogP contribution is 2.61. The number of ether oxygens (including phenoxy) is 2. The van der Waals surface area contributed by atoms with Crippen LogP contribution in [-0.2, 0) is 19.2 Å². The topological polar surface area (TPSA) is 188 Å². The van der Waals surface area contributed by atoms with Crippen LogP contribution in [0.1, 0.15) is 45.0 Å². The number of aromatic carboxylic acids is 2. The first-order chi connectivity index (χ1) is 23.5. The molecule has 3 N–H and O–H groups in total. The lowest BCUT2D eigenvalue weighted by Crippen LogP contribution is -2.43. The zero-order chi connectivity index (χ0) is 34.9. The molecule has 13 nitrogen and oxygen atoms in total. The first kappa shape index (κ1) is 31.6. The van der Waals surface area contributed by atoms with Crippen LogP contribution in [0, 0.1) is 29.6 Å². The van der Waals surface area contributed by atoms with E-state index in [0.717, 1.165) is 9.80 Å². The minimum absolute atomic E-state index is 0.0403. The van der Waals surface area contributed by atoms with Gasteiger partial charge < -0.3 is 24.8 Å². The van der Waals surface area contributed by atoms with Crippen LogP contribution in [0.4, 0.5) is 11.4 Å². The highest BCUT2D eigenvalue weighted by Gasteiger charge is 2.63. The maximum absolute atomic E-state index is 14.4. The average Bonchev–Trinajstić information content (AvgIpc) is 3.50. The summed E-state index contributed by atoms with van der Waals surface area (Å²) in [6.07, 6.45) is 2.00. The number of aromatic hydroxyl groups is 1. The standard InChI is InChI=1S/C36H30N2O11/c1-48-25-13-20(39)14-26(49-2)30(25)28-21-9-10-22-27(33(42)37(31(22)40)18-7-3-5-16(11-18)35(44)45)23(21)15-24-29(28)34(43)38(32(24)41)19-8-4-6-17(12-19)36(46)47/h3-9,11-14,22-24,27-29,39H,10,15H2,1-2H3,(H,44,45)(H,46,47). The molecule has 13 heteroatoms. The molecule has 250 valence electrons. The number of amides is 4. The van der Waals surface area contributed by atoms with E-state index in [9.17, 15) is 44.1 Å². The quantitative estimate of drug-likeness (QED) is 0.245. The normalized spacial score (nSPS) is 25.8. The molecule has 1 saturated carbocycles. The van der Waals surface area contributed by atoms with Crippen molar-refractivity contribution in [3.63, 3.8) is 0 Å². The molecule has 0 bridgehead atoms. The van der Waals surface area contributed by atoms with Crippen LogP contribution in [0.3, 0.4) is 0 Å². The van der Waals surface area contributed by atoms with Crippen LogP contribution < -0.4 is 19.3 Å². The van der Waals surface area contributed by atoms with Crippen LogP contribution in [0.25, 0.3) is 0 Å². The monoisotopic (exact) mass is 666 g/mol. The molecule has 49 heavy (non-hydrogen) atoms. The number of phenols is 1. The van der Waals surface area contributed by atoms with Gasteiger partial charge in [-0.15, -0.1) is 0 Å². The molecule has 7 rings (SSSR count). The molecule has 0 aromatic heterocycles. The number of hydrogen-bond donors (Lipinski definition) is 3. The summed E-state index contributed by atoms with van der Waals surface area (Å²) in [6, 6.07) is 13.8. The van der Waals surface area contributed by atoms with Gasteiger partial charge >= 0.3 is 11.9 Å². The molecule has 4 aliphatic rings. The molecule has 2 aliphatic carbocycles. The molecule has 2 saturated heterocycles. The SMILES string of the molecule is COc1cc(O)cc(OC)c1C1C2=CCC3C(=O)N(c4cccc(C(=O)O)c4)C(=O)C3C2CC2C(=O)N(c3cccc(C(=O)O)c3)C(=O)C21. The summed E-state index contributed by atoms with van der Waals surface area (Å²) in [5, 5.41) is 29.6. The van der Waals surface area contributed by atoms with Crippen molar-refractivity contribution < 1.29 is 53.6 Å². The van der Waals surface area contributed by atoms with E-state index in [4.69, 9.17) is 9.47 Å². The first-order valence-corrected chi connectivity index (χ1v) is 15.5. The third-order valence-corrected chi connectivity index (χ3v) is 10.2. The van der Waals surface area contributed by atoms with Gasteiger partial charge in [-0.25, -0.2) is 9.59 Å². The number of carbonyl (C=O) groups excluding carboxylic acids is 4. The van der Waals surface area contributed by atoms with Gasteiger partial charge in [-0.05, 0) is 55.2 Å². The number of hydrogen-bond acceptors (Lipinski definition) is 9. The van der Waals surface area contributed by atoms with Crippen molar-refractivity contribution >= 4 is 46.9 Å². The van der Waals surface area contributed by atoms with E-state index in [-0.39, 0.29) is 52.6 Å².